The standard InChI is InChI=1S/C15H18N4O2/c1-9(20)10-6-5-7-11(8-10)16-17-12-13(15(2,3)4)18-19-14(12)21/h5-8H,1-4H3,(H2,18,19,21). The van der Waals surface area contributed by atoms with Crippen LogP contribution in [0.15, 0.2) is 39.3 Å². The van der Waals surface area contributed by atoms with Crippen LogP contribution in [0.1, 0.15) is 43.7 Å². The van der Waals surface area contributed by atoms with Crippen LogP contribution in [0.5, 0.6) is 0 Å². The van der Waals surface area contributed by atoms with Crippen molar-refractivity contribution in [3.63, 3.8) is 0 Å². The first-order chi connectivity index (χ1) is 9.79. The van der Waals surface area contributed by atoms with E-state index in [-0.39, 0.29) is 22.4 Å². The number of aromatic amines is 2. The maximum atomic E-state index is 11.8. The normalized spacial score (nSPS) is 12.0. The summed E-state index contributed by atoms with van der Waals surface area (Å²) >= 11 is 0. The molecule has 6 heteroatoms. The quantitative estimate of drug-likeness (QED) is 0.666. The van der Waals surface area contributed by atoms with Crippen molar-refractivity contribution in [1.29, 1.82) is 0 Å². The Morgan fingerprint density at radius 3 is 2.48 bits per heavy atom. The molecule has 0 aliphatic rings. The van der Waals surface area contributed by atoms with Crippen molar-refractivity contribution in [2.24, 2.45) is 10.2 Å². The number of hydrogen-bond donors (Lipinski definition) is 2. The minimum absolute atomic E-state index is 0.0399. The van der Waals surface area contributed by atoms with Crippen LogP contribution in [0.3, 0.4) is 0 Å². The van der Waals surface area contributed by atoms with Gasteiger partial charge in [0.15, 0.2) is 11.5 Å². The number of Topliss-reactive ketones (excluding diaryl/α,β-unsaturated/α-hetero) is 1. The molecule has 1 aromatic carbocycles. The Labute approximate surface area is 122 Å². The lowest BCUT2D eigenvalue weighted by molar-refractivity contribution is 0.101. The second kappa shape index (κ2) is 5.47. The van der Waals surface area contributed by atoms with Crippen molar-refractivity contribution in [1.82, 2.24) is 10.2 Å². The van der Waals surface area contributed by atoms with Gasteiger partial charge >= 0.3 is 0 Å². The fraction of sp³-hybridized carbons (Fsp3) is 0.333. The number of ketones is 1. The minimum atomic E-state index is -0.314. The molecule has 0 unspecified atom stereocenters. The summed E-state index contributed by atoms with van der Waals surface area (Å²) < 4.78 is 0. The number of aromatic nitrogens is 2. The third kappa shape index (κ3) is 3.34. The third-order valence-corrected chi connectivity index (χ3v) is 3.02. The van der Waals surface area contributed by atoms with Gasteiger partial charge in [0.25, 0.3) is 5.56 Å². The lowest BCUT2D eigenvalue weighted by Crippen LogP contribution is -2.12. The maximum Gasteiger partial charge on any atom is 0.292 e. The molecule has 0 saturated heterocycles. The lowest BCUT2D eigenvalue weighted by atomic mass is 9.91. The number of nitrogens with one attached hydrogen (secondary N) is 2. The number of carbonyl (C=O) groups excluding carboxylic acids is 1. The molecule has 0 aliphatic carbocycles. The number of H-pyrrole nitrogens is 2. The number of rotatable bonds is 3. The van der Waals surface area contributed by atoms with Crippen LogP contribution in [-0.2, 0) is 5.41 Å². The van der Waals surface area contributed by atoms with Gasteiger partial charge < -0.3 is 0 Å². The predicted molar refractivity (Wildman–Crippen MR) is 80.7 cm³/mol. The molecule has 2 rings (SSSR count). The molecular formula is C15H18N4O2. The monoisotopic (exact) mass is 286 g/mol. The van der Waals surface area contributed by atoms with E-state index in [1.54, 1.807) is 24.3 Å². The van der Waals surface area contributed by atoms with E-state index in [2.05, 4.69) is 20.4 Å². The predicted octanol–water partition coefficient (Wildman–Crippen LogP) is 3.62. The molecule has 0 bridgehead atoms. The zero-order chi connectivity index (χ0) is 15.6. The molecule has 2 aromatic rings. The average Bonchev–Trinajstić information content (AvgIpc) is 2.78. The first-order valence-electron chi connectivity index (χ1n) is 6.63. The van der Waals surface area contributed by atoms with Crippen molar-refractivity contribution in [2.45, 2.75) is 33.1 Å². The van der Waals surface area contributed by atoms with E-state index in [1.165, 1.54) is 6.92 Å². The van der Waals surface area contributed by atoms with Gasteiger partial charge in [0.05, 0.1) is 11.4 Å². The van der Waals surface area contributed by atoms with E-state index in [0.29, 0.717) is 16.9 Å². The molecule has 1 aromatic heterocycles. The minimum Gasteiger partial charge on any atom is -0.299 e. The molecule has 6 nitrogen and oxygen atoms in total. The zero-order valence-corrected chi connectivity index (χ0v) is 12.5. The topological polar surface area (TPSA) is 90.4 Å². The van der Waals surface area contributed by atoms with Gasteiger partial charge in [0, 0.05) is 11.0 Å². The Balaban J connectivity index is 2.39. The number of azo groups is 1. The molecular weight excluding hydrogens is 268 g/mol. The molecule has 0 saturated carbocycles. The van der Waals surface area contributed by atoms with Gasteiger partial charge in [-0.1, -0.05) is 32.9 Å². The molecule has 1 heterocycles. The third-order valence-electron chi connectivity index (χ3n) is 3.02. The van der Waals surface area contributed by atoms with Crippen LogP contribution in [0.2, 0.25) is 0 Å². The van der Waals surface area contributed by atoms with Gasteiger partial charge in [-0.05, 0) is 19.1 Å². The summed E-state index contributed by atoms with van der Waals surface area (Å²) in [6.45, 7) is 7.41. The number of benzene rings is 1. The van der Waals surface area contributed by atoms with Crippen molar-refractivity contribution in [3.8, 4) is 0 Å². The highest BCUT2D eigenvalue weighted by Crippen LogP contribution is 2.27. The number of carbonyl (C=O) groups is 1. The Morgan fingerprint density at radius 2 is 1.86 bits per heavy atom. The second-order valence-corrected chi connectivity index (χ2v) is 5.86. The van der Waals surface area contributed by atoms with E-state index in [4.69, 9.17) is 0 Å². The molecule has 0 spiro atoms. The van der Waals surface area contributed by atoms with Crippen LogP contribution in [0, 0.1) is 0 Å². The van der Waals surface area contributed by atoms with E-state index < -0.39 is 0 Å². The number of nitrogens with zero attached hydrogens (tertiary/aromatic N) is 2. The van der Waals surface area contributed by atoms with Crippen LogP contribution in [-0.4, -0.2) is 16.0 Å². The van der Waals surface area contributed by atoms with E-state index in [0.717, 1.165) is 0 Å². The summed E-state index contributed by atoms with van der Waals surface area (Å²) in [5.41, 5.74) is 1.48. The Hall–Kier alpha value is -2.50. The average molecular weight is 286 g/mol. The molecule has 0 amide bonds. The van der Waals surface area contributed by atoms with Crippen molar-refractivity contribution in [2.75, 3.05) is 0 Å². The van der Waals surface area contributed by atoms with Crippen molar-refractivity contribution in [3.05, 3.63) is 45.9 Å². The first-order valence-corrected chi connectivity index (χ1v) is 6.63. The van der Waals surface area contributed by atoms with Gasteiger partial charge in [0.2, 0.25) is 0 Å². The van der Waals surface area contributed by atoms with Gasteiger partial charge in [-0.25, -0.2) is 0 Å². The Morgan fingerprint density at radius 1 is 1.14 bits per heavy atom. The summed E-state index contributed by atoms with van der Waals surface area (Å²) in [5, 5.41) is 13.5. The summed E-state index contributed by atoms with van der Waals surface area (Å²) in [7, 11) is 0. The zero-order valence-electron chi connectivity index (χ0n) is 12.5. The second-order valence-electron chi connectivity index (χ2n) is 5.86. The molecule has 0 fully saturated rings. The van der Waals surface area contributed by atoms with Crippen LogP contribution < -0.4 is 5.56 Å². The highest BCUT2D eigenvalue weighted by molar-refractivity contribution is 5.94. The fourth-order valence-corrected chi connectivity index (χ4v) is 1.88. The molecule has 2 N–H and O–H groups in total. The van der Waals surface area contributed by atoms with Crippen molar-refractivity contribution >= 4 is 17.2 Å². The van der Waals surface area contributed by atoms with Crippen LogP contribution in [0.4, 0.5) is 11.4 Å². The first kappa shape index (κ1) is 14.9. The van der Waals surface area contributed by atoms with Crippen molar-refractivity contribution < 1.29 is 4.79 Å². The summed E-state index contributed by atoms with van der Waals surface area (Å²) in [4.78, 5) is 23.1. The SMILES string of the molecule is CC(=O)c1cccc(N=Nc2c(C(C)(C)C)[nH][nH]c2=O)c1. The maximum absolute atomic E-state index is 11.8. The summed E-state index contributed by atoms with van der Waals surface area (Å²) in [5.74, 6) is -0.0399. The molecule has 0 aliphatic heterocycles. The summed E-state index contributed by atoms with van der Waals surface area (Å²) in [6, 6.07) is 6.82. The lowest BCUT2D eigenvalue weighted by Gasteiger charge is -2.15. The van der Waals surface area contributed by atoms with E-state index in [9.17, 15) is 9.59 Å². The Bertz CT molecular complexity index is 748. The highest BCUT2D eigenvalue weighted by Gasteiger charge is 2.22. The summed E-state index contributed by atoms with van der Waals surface area (Å²) in [6.07, 6.45) is 0. The number of hydrogen-bond acceptors (Lipinski definition) is 4. The van der Waals surface area contributed by atoms with Gasteiger partial charge in [0.1, 0.15) is 0 Å². The highest BCUT2D eigenvalue weighted by atomic mass is 16.1. The van der Waals surface area contributed by atoms with Gasteiger partial charge in [-0.15, -0.1) is 5.11 Å². The van der Waals surface area contributed by atoms with Crippen LogP contribution in [0.25, 0.3) is 0 Å². The van der Waals surface area contributed by atoms with E-state index >= 15 is 0 Å². The molecule has 0 atom stereocenters. The van der Waals surface area contributed by atoms with Gasteiger partial charge in [-0.3, -0.25) is 19.8 Å². The van der Waals surface area contributed by atoms with E-state index in [1.807, 2.05) is 20.8 Å². The largest absolute Gasteiger partial charge is 0.299 e. The molecule has 0 radical (unpaired) electrons. The van der Waals surface area contributed by atoms with Crippen LogP contribution >= 0.6 is 0 Å². The molecule has 21 heavy (non-hydrogen) atoms. The van der Waals surface area contributed by atoms with Gasteiger partial charge in [-0.2, -0.15) is 5.11 Å². The fourth-order valence-electron chi connectivity index (χ4n) is 1.88. The molecule has 110 valence electrons. The Kier molecular flexibility index (Phi) is 3.88. The smallest absolute Gasteiger partial charge is 0.292 e.